The summed E-state index contributed by atoms with van der Waals surface area (Å²) in [4.78, 5) is 0.607. The van der Waals surface area contributed by atoms with E-state index in [4.69, 9.17) is 27.5 Å². The minimum absolute atomic E-state index is 0.607. The SMILES string of the molecule is OCC(O)C(O)C(O)C(CO)NC(=S)N(C(CO)C(O)C(O)C(O)CO)C(CO)C(O)C(O)C(O)CO. The van der Waals surface area contributed by atoms with Gasteiger partial charge in [-0.25, -0.2) is 0 Å². The molecule has 16 N–H and O–H groups in total. The predicted molar refractivity (Wildman–Crippen MR) is 126 cm³/mol. The lowest BCUT2D eigenvalue weighted by atomic mass is 9.95. The first kappa shape index (κ1) is 36.1. The van der Waals surface area contributed by atoms with Crippen LogP contribution in [0.5, 0.6) is 0 Å². The third-order valence-electron chi connectivity index (χ3n) is 5.82. The van der Waals surface area contributed by atoms with Gasteiger partial charge in [-0.2, -0.15) is 0 Å². The number of hydrogen-bond acceptors (Lipinski definition) is 16. The monoisotopic (exact) mass is 568 g/mol. The van der Waals surface area contributed by atoms with E-state index < -0.39 is 118 Å². The first-order valence-electron chi connectivity index (χ1n) is 11.2. The van der Waals surface area contributed by atoms with Crippen LogP contribution in [0.2, 0.25) is 0 Å². The smallest absolute Gasteiger partial charge is 0.170 e. The van der Waals surface area contributed by atoms with E-state index in [1.807, 2.05) is 0 Å². The number of aliphatic hydroxyl groups is 15. The van der Waals surface area contributed by atoms with Crippen LogP contribution in [0.1, 0.15) is 0 Å². The molecule has 0 amide bonds. The molecule has 0 saturated heterocycles. The van der Waals surface area contributed by atoms with E-state index in [1.165, 1.54) is 0 Å². The van der Waals surface area contributed by atoms with Crippen molar-refractivity contribution in [1.29, 1.82) is 0 Å². The third-order valence-corrected chi connectivity index (χ3v) is 6.15. The van der Waals surface area contributed by atoms with Crippen molar-refractivity contribution in [3.05, 3.63) is 0 Å². The molecule has 18 heteroatoms. The topological polar surface area (TPSA) is 319 Å². The Labute approximate surface area is 217 Å². The lowest BCUT2D eigenvalue weighted by molar-refractivity contribution is -0.132. The lowest BCUT2D eigenvalue weighted by Crippen LogP contribution is -2.67. The summed E-state index contributed by atoms with van der Waals surface area (Å²) in [6, 6.07) is -5.31. The van der Waals surface area contributed by atoms with Crippen molar-refractivity contribution in [2.45, 2.75) is 73.1 Å². The van der Waals surface area contributed by atoms with Gasteiger partial charge in [-0.1, -0.05) is 0 Å². The molecule has 0 aromatic heterocycles. The molecule has 17 nitrogen and oxygen atoms in total. The van der Waals surface area contributed by atoms with Gasteiger partial charge in [-0.05, 0) is 12.2 Å². The Kier molecular flexibility index (Phi) is 17.2. The summed E-state index contributed by atoms with van der Waals surface area (Å²) in [5, 5.41) is 149. The summed E-state index contributed by atoms with van der Waals surface area (Å²) < 4.78 is 0. The molecule has 0 aromatic carbocycles. The molecule has 0 bridgehead atoms. The second-order valence-electron chi connectivity index (χ2n) is 8.34. The highest BCUT2D eigenvalue weighted by molar-refractivity contribution is 7.80. The first-order chi connectivity index (χ1) is 17.3. The molecule has 37 heavy (non-hydrogen) atoms. The van der Waals surface area contributed by atoms with Gasteiger partial charge in [0.1, 0.15) is 54.9 Å². The van der Waals surface area contributed by atoms with Gasteiger partial charge in [0.2, 0.25) is 0 Å². The van der Waals surface area contributed by atoms with E-state index in [-0.39, 0.29) is 0 Å². The van der Waals surface area contributed by atoms with Crippen molar-refractivity contribution in [2.75, 3.05) is 39.6 Å². The normalized spacial score (nSPS) is 21.9. The Hall–Kier alpha value is -0.910. The molecule has 0 aromatic rings. The predicted octanol–water partition coefficient (Wildman–Crippen LogP) is -9.53. The highest BCUT2D eigenvalue weighted by Crippen LogP contribution is 2.20. The fourth-order valence-electron chi connectivity index (χ4n) is 3.44. The number of aliphatic hydroxyl groups excluding tert-OH is 15. The zero-order valence-electron chi connectivity index (χ0n) is 19.7. The number of thiocarbonyl (C=S) groups is 1. The van der Waals surface area contributed by atoms with Crippen molar-refractivity contribution in [1.82, 2.24) is 10.2 Å². The van der Waals surface area contributed by atoms with E-state index in [1.54, 1.807) is 0 Å². The number of rotatable bonds is 18. The summed E-state index contributed by atoms with van der Waals surface area (Å²) >= 11 is 5.17. The Morgan fingerprint density at radius 1 is 0.486 bits per heavy atom. The molecule has 0 radical (unpaired) electrons. The molecule has 0 fully saturated rings. The van der Waals surface area contributed by atoms with Crippen molar-refractivity contribution in [3.8, 4) is 0 Å². The standard InChI is InChI=1S/C19H40N2O15S/c22-1-7(13(31)16(34)10(28)4-25)20-19(37)21(8(2-23)14(32)17(35)11(29)5-26)9(3-24)15(33)18(36)12(30)6-27/h7-18,22-36H,1-6H2,(H,20,37). The number of nitrogens with one attached hydrogen (secondary N) is 1. The molecule has 0 aliphatic heterocycles. The zero-order chi connectivity index (χ0) is 29.0. The van der Waals surface area contributed by atoms with Gasteiger partial charge in [0.25, 0.3) is 0 Å². The minimum Gasteiger partial charge on any atom is -0.394 e. The van der Waals surface area contributed by atoms with E-state index >= 15 is 0 Å². The summed E-state index contributed by atoms with van der Waals surface area (Å²) in [6.07, 6.45) is -18.4. The molecular formula is C19H40N2O15S. The van der Waals surface area contributed by atoms with Gasteiger partial charge in [-0.15, -0.1) is 0 Å². The second kappa shape index (κ2) is 17.6. The Morgan fingerprint density at radius 2 is 0.811 bits per heavy atom. The summed E-state index contributed by atoms with van der Waals surface area (Å²) in [5.74, 6) is 0. The highest BCUT2D eigenvalue weighted by Gasteiger charge is 2.44. The Balaban J connectivity index is 6.43. The van der Waals surface area contributed by atoms with Crippen LogP contribution in [0.4, 0.5) is 0 Å². The fraction of sp³-hybridized carbons (Fsp3) is 0.947. The minimum atomic E-state index is -2.17. The quantitative estimate of drug-likeness (QED) is 0.0682. The Bertz CT molecular complexity index is 610. The molecule has 12 unspecified atom stereocenters. The maximum atomic E-state index is 10.6. The van der Waals surface area contributed by atoms with E-state index in [0.29, 0.717) is 4.90 Å². The van der Waals surface area contributed by atoms with E-state index in [0.717, 1.165) is 0 Å². The van der Waals surface area contributed by atoms with Gasteiger partial charge in [0.15, 0.2) is 5.11 Å². The number of nitrogens with zero attached hydrogens (tertiary/aromatic N) is 1. The second-order valence-corrected chi connectivity index (χ2v) is 8.73. The third kappa shape index (κ3) is 9.65. The largest absolute Gasteiger partial charge is 0.394 e. The number of hydrogen-bond donors (Lipinski definition) is 16. The van der Waals surface area contributed by atoms with Gasteiger partial charge in [0, 0.05) is 0 Å². The van der Waals surface area contributed by atoms with Gasteiger partial charge >= 0.3 is 0 Å². The highest BCUT2D eigenvalue weighted by atomic mass is 32.1. The molecule has 0 heterocycles. The molecule has 0 rings (SSSR count). The molecule has 12 atom stereocenters. The first-order valence-corrected chi connectivity index (χ1v) is 11.6. The summed E-state index contributed by atoms with van der Waals surface area (Å²) in [6.45, 7) is -6.27. The molecule has 0 spiro atoms. The van der Waals surface area contributed by atoms with E-state index in [2.05, 4.69) is 5.32 Å². The van der Waals surface area contributed by atoms with Crippen molar-refractivity contribution < 1.29 is 76.6 Å². The summed E-state index contributed by atoms with van der Waals surface area (Å²) in [7, 11) is 0. The van der Waals surface area contributed by atoms with Crippen LogP contribution in [0.15, 0.2) is 0 Å². The molecule has 0 saturated carbocycles. The van der Waals surface area contributed by atoms with Crippen LogP contribution < -0.4 is 5.32 Å². The van der Waals surface area contributed by atoms with Crippen molar-refractivity contribution in [2.24, 2.45) is 0 Å². The van der Waals surface area contributed by atoms with Crippen LogP contribution in [0.3, 0.4) is 0 Å². The maximum absolute atomic E-state index is 10.6. The summed E-state index contributed by atoms with van der Waals surface area (Å²) in [5.41, 5.74) is 0. The molecule has 0 aliphatic rings. The van der Waals surface area contributed by atoms with Gasteiger partial charge in [0.05, 0.1) is 57.8 Å². The van der Waals surface area contributed by atoms with E-state index in [9.17, 15) is 61.3 Å². The Morgan fingerprint density at radius 3 is 1.08 bits per heavy atom. The van der Waals surface area contributed by atoms with Crippen molar-refractivity contribution in [3.63, 3.8) is 0 Å². The molecule has 222 valence electrons. The lowest BCUT2D eigenvalue weighted by Gasteiger charge is -2.45. The molecular weight excluding hydrogens is 528 g/mol. The van der Waals surface area contributed by atoms with Crippen LogP contribution >= 0.6 is 12.2 Å². The average Bonchev–Trinajstić information content (AvgIpc) is 2.91. The van der Waals surface area contributed by atoms with Crippen LogP contribution in [-0.2, 0) is 0 Å². The van der Waals surface area contributed by atoms with Gasteiger partial charge in [-0.3, -0.25) is 0 Å². The van der Waals surface area contributed by atoms with Crippen LogP contribution in [0.25, 0.3) is 0 Å². The van der Waals surface area contributed by atoms with Crippen molar-refractivity contribution >= 4 is 17.3 Å². The van der Waals surface area contributed by atoms with Crippen LogP contribution in [0, 0.1) is 0 Å². The molecule has 0 aliphatic carbocycles. The fourth-order valence-corrected chi connectivity index (χ4v) is 3.86. The maximum Gasteiger partial charge on any atom is 0.170 e. The van der Waals surface area contributed by atoms with Crippen LogP contribution in [-0.4, -0.2) is 199 Å². The van der Waals surface area contributed by atoms with Gasteiger partial charge < -0.3 is 86.8 Å². The average molecular weight is 569 g/mol. The zero-order valence-corrected chi connectivity index (χ0v) is 20.6.